The molecule has 1 aliphatic heterocycles. The van der Waals surface area contributed by atoms with E-state index in [4.69, 9.17) is 9.47 Å². The van der Waals surface area contributed by atoms with Crippen LogP contribution in [0, 0.1) is 17.2 Å². The van der Waals surface area contributed by atoms with Crippen molar-refractivity contribution in [2.24, 2.45) is 11.3 Å². The first-order valence-electron chi connectivity index (χ1n) is 8.28. The number of hydrogen-bond acceptors (Lipinski definition) is 4. The summed E-state index contributed by atoms with van der Waals surface area (Å²) in [6, 6.07) is 6.30. The van der Waals surface area contributed by atoms with Gasteiger partial charge in [0, 0.05) is 31.4 Å². The highest BCUT2D eigenvalue weighted by Crippen LogP contribution is 2.47. The first kappa shape index (κ1) is 16.4. The molecule has 0 radical (unpaired) electrons. The van der Waals surface area contributed by atoms with Crippen LogP contribution in [0.3, 0.4) is 0 Å². The number of anilines is 1. The van der Waals surface area contributed by atoms with Crippen LogP contribution in [0.2, 0.25) is 0 Å². The van der Waals surface area contributed by atoms with Crippen LogP contribution < -0.4 is 5.32 Å². The first-order chi connectivity index (χ1) is 11.2. The van der Waals surface area contributed by atoms with Gasteiger partial charge in [0.1, 0.15) is 12.1 Å². The van der Waals surface area contributed by atoms with Gasteiger partial charge >= 0.3 is 0 Å². The van der Waals surface area contributed by atoms with Gasteiger partial charge < -0.3 is 19.6 Å². The zero-order valence-electron chi connectivity index (χ0n) is 13.5. The van der Waals surface area contributed by atoms with Gasteiger partial charge in [-0.15, -0.1) is 0 Å². The lowest BCUT2D eigenvalue weighted by Crippen LogP contribution is -2.59. The molecule has 0 bridgehead atoms. The topological polar surface area (TPSA) is 47.6 Å². The highest BCUT2D eigenvalue weighted by atomic mass is 19.1. The molecule has 4 atom stereocenters. The van der Waals surface area contributed by atoms with E-state index >= 15 is 0 Å². The molecule has 4 nitrogen and oxygen atoms in total. The molecule has 2 unspecified atom stereocenters. The maximum absolute atomic E-state index is 13.1. The molecule has 1 heterocycles. The fourth-order valence-electron chi connectivity index (χ4n) is 4.18. The minimum Gasteiger partial charge on any atom is -0.384 e. The largest absolute Gasteiger partial charge is 0.384 e. The normalized spacial score (nSPS) is 33.7. The van der Waals surface area contributed by atoms with Crippen molar-refractivity contribution in [3.05, 3.63) is 30.1 Å². The van der Waals surface area contributed by atoms with Crippen molar-refractivity contribution in [3.8, 4) is 0 Å². The van der Waals surface area contributed by atoms with E-state index in [1.165, 1.54) is 12.1 Å². The summed E-state index contributed by atoms with van der Waals surface area (Å²) in [7, 11) is 1.69. The fourth-order valence-corrected chi connectivity index (χ4v) is 4.18. The number of aldehydes is 1. The number of ether oxygens (including phenoxy) is 2. The molecule has 23 heavy (non-hydrogen) atoms. The van der Waals surface area contributed by atoms with Gasteiger partial charge in [-0.1, -0.05) is 0 Å². The van der Waals surface area contributed by atoms with E-state index in [0.717, 1.165) is 37.7 Å². The molecular formula is C18H24FNO3. The van der Waals surface area contributed by atoms with Gasteiger partial charge in [0.15, 0.2) is 0 Å². The number of nitrogens with one attached hydrogen (secondary N) is 1. The lowest BCUT2D eigenvalue weighted by atomic mass is 9.62. The fraction of sp³-hybridized carbons (Fsp3) is 0.611. The summed E-state index contributed by atoms with van der Waals surface area (Å²) in [5, 5.41) is 3.44. The summed E-state index contributed by atoms with van der Waals surface area (Å²) < 4.78 is 24.4. The van der Waals surface area contributed by atoms with E-state index < -0.39 is 5.41 Å². The van der Waals surface area contributed by atoms with Gasteiger partial charge in [0.2, 0.25) is 0 Å². The average Bonchev–Trinajstić information content (AvgIpc) is 2.59. The van der Waals surface area contributed by atoms with Crippen LogP contribution in [0.4, 0.5) is 10.1 Å². The molecule has 1 aliphatic carbocycles. The van der Waals surface area contributed by atoms with E-state index in [9.17, 15) is 9.18 Å². The minimum absolute atomic E-state index is 0.00358. The number of rotatable bonds is 5. The van der Waals surface area contributed by atoms with Gasteiger partial charge in [0.25, 0.3) is 0 Å². The standard InChI is InChI=1S/C18H24FNO3/c1-22-11-13-3-8-16(20-15-6-4-14(19)5-7-15)18(12-21)9-2-10-23-17(13)18/h4-7,12-13,16-17,20H,2-3,8-11H2,1H3/t13?,16?,17-,18-/m1/s1. The number of hydrogen-bond donors (Lipinski definition) is 1. The molecular weight excluding hydrogens is 297 g/mol. The van der Waals surface area contributed by atoms with E-state index in [1.54, 1.807) is 19.2 Å². The second kappa shape index (κ2) is 6.97. The molecule has 1 N–H and O–H groups in total. The molecule has 3 rings (SSSR count). The van der Waals surface area contributed by atoms with Crippen LogP contribution in [-0.4, -0.2) is 38.8 Å². The Morgan fingerprint density at radius 3 is 2.87 bits per heavy atom. The van der Waals surface area contributed by atoms with E-state index in [1.807, 2.05) is 0 Å². The molecule has 1 saturated carbocycles. The van der Waals surface area contributed by atoms with Crippen molar-refractivity contribution in [1.29, 1.82) is 0 Å². The van der Waals surface area contributed by atoms with E-state index in [0.29, 0.717) is 13.2 Å². The Hall–Kier alpha value is -1.46. The predicted molar refractivity (Wildman–Crippen MR) is 85.9 cm³/mol. The van der Waals surface area contributed by atoms with Crippen LogP contribution in [-0.2, 0) is 14.3 Å². The summed E-state index contributed by atoms with van der Waals surface area (Å²) in [5.41, 5.74) is 0.306. The smallest absolute Gasteiger partial charge is 0.130 e. The molecule has 0 spiro atoms. The molecule has 1 aromatic carbocycles. The lowest BCUT2D eigenvalue weighted by Gasteiger charge is -2.52. The number of benzene rings is 1. The Balaban J connectivity index is 1.84. The Morgan fingerprint density at radius 1 is 1.39 bits per heavy atom. The average molecular weight is 321 g/mol. The monoisotopic (exact) mass is 321 g/mol. The zero-order chi connectivity index (χ0) is 16.3. The zero-order valence-corrected chi connectivity index (χ0v) is 13.5. The van der Waals surface area contributed by atoms with Crippen LogP contribution in [0.5, 0.6) is 0 Å². The highest BCUT2D eigenvalue weighted by molar-refractivity contribution is 5.65. The molecule has 5 heteroatoms. The van der Waals surface area contributed by atoms with Crippen molar-refractivity contribution >= 4 is 12.0 Å². The van der Waals surface area contributed by atoms with Crippen molar-refractivity contribution in [2.45, 2.75) is 37.8 Å². The second-order valence-corrected chi connectivity index (χ2v) is 6.62. The first-order valence-corrected chi connectivity index (χ1v) is 8.28. The van der Waals surface area contributed by atoms with Crippen molar-refractivity contribution < 1.29 is 18.7 Å². The molecule has 0 aromatic heterocycles. The molecule has 2 aliphatic rings. The quantitative estimate of drug-likeness (QED) is 0.847. The molecule has 1 saturated heterocycles. The number of methoxy groups -OCH3 is 1. The van der Waals surface area contributed by atoms with Crippen molar-refractivity contribution in [1.82, 2.24) is 0 Å². The third kappa shape index (κ3) is 3.12. The predicted octanol–water partition coefficient (Wildman–Crippen LogP) is 3.03. The number of carbonyl (C=O) groups is 1. The van der Waals surface area contributed by atoms with Gasteiger partial charge in [-0.3, -0.25) is 0 Å². The van der Waals surface area contributed by atoms with Gasteiger partial charge in [-0.25, -0.2) is 4.39 Å². The number of halogens is 1. The maximum atomic E-state index is 13.1. The maximum Gasteiger partial charge on any atom is 0.130 e. The summed E-state index contributed by atoms with van der Waals surface area (Å²) in [5.74, 6) is -0.0138. The van der Waals surface area contributed by atoms with Crippen LogP contribution in [0.15, 0.2) is 24.3 Å². The Labute approximate surface area is 136 Å². The van der Waals surface area contributed by atoms with Gasteiger partial charge in [-0.05, 0) is 49.9 Å². The summed E-state index contributed by atoms with van der Waals surface area (Å²) >= 11 is 0. The Morgan fingerprint density at radius 2 is 2.17 bits per heavy atom. The highest BCUT2D eigenvalue weighted by Gasteiger charge is 2.53. The minimum atomic E-state index is -0.534. The molecule has 2 fully saturated rings. The lowest BCUT2D eigenvalue weighted by molar-refractivity contribution is -0.160. The summed E-state index contributed by atoms with van der Waals surface area (Å²) in [6.45, 7) is 1.31. The molecule has 0 amide bonds. The van der Waals surface area contributed by atoms with Gasteiger partial charge in [0.05, 0.1) is 18.1 Å². The van der Waals surface area contributed by atoms with E-state index in [-0.39, 0.29) is 23.9 Å². The van der Waals surface area contributed by atoms with Gasteiger partial charge in [-0.2, -0.15) is 0 Å². The second-order valence-electron chi connectivity index (χ2n) is 6.62. The Kier molecular flexibility index (Phi) is 4.97. The van der Waals surface area contributed by atoms with Crippen molar-refractivity contribution in [2.75, 3.05) is 25.6 Å². The SMILES string of the molecule is COCC1CCC(Nc2ccc(F)cc2)[C@]2(C=O)CCCO[C@H]12. The summed E-state index contributed by atoms with van der Waals surface area (Å²) in [6.07, 6.45) is 4.51. The third-order valence-corrected chi connectivity index (χ3v) is 5.27. The molecule has 1 aromatic rings. The third-order valence-electron chi connectivity index (χ3n) is 5.27. The Bertz CT molecular complexity index is 536. The number of fused-ring (bicyclic) bond motifs is 1. The van der Waals surface area contributed by atoms with Crippen LogP contribution in [0.1, 0.15) is 25.7 Å². The summed E-state index contributed by atoms with van der Waals surface area (Å²) in [4.78, 5) is 12.1. The number of carbonyl (C=O) groups excluding carboxylic acids is 1. The van der Waals surface area contributed by atoms with E-state index in [2.05, 4.69) is 5.32 Å². The van der Waals surface area contributed by atoms with Crippen molar-refractivity contribution in [3.63, 3.8) is 0 Å². The van der Waals surface area contributed by atoms with Crippen LogP contribution in [0.25, 0.3) is 0 Å². The molecule has 126 valence electrons. The van der Waals surface area contributed by atoms with Crippen LogP contribution >= 0.6 is 0 Å².